The molecule has 1 atom stereocenters. The number of rotatable bonds is 4. The maximum absolute atomic E-state index is 12.7. The summed E-state index contributed by atoms with van der Waals surface area (Å²) in [4.78, 5) is 12.7. The van der Waals surface area contributed by atoms with E-state index in [2.05, 4.69) is 36.5 Å². The highest BCUT2D eigenvalue weighted by atomic mass is 16.1. The van der Waals surface area contributed by atoms with Gasteiger partial charge in [0.2, 0.25) is 0 Å². The van der Waals surface area contributed by atoms with E-state index in [1.54, 1.807) is 0 Å². The van der Waals surface area contributed by atoms with Crippen molar-refractivity contribution >= 4 is 11.5 Å². The monoisotopic (exact) mass is 293 g/mol. The molecule has 2 nitrogen and oxygen atoms in total. The van der Waals surface area contributed by atoms with Crippen LogP contribution in [0.2, 0.25) is 0 Å². The number of hydrogen-bond donors (Lipinski definition) is 1. The molecule has 114 valence electrons. The summed E-state index contributed by atoms with van der Waals surface area (Å²) in [6.45, 7) is 2.09. The number of para-hydroxylation sites is 1. The van der Waals surface area contributed by atoms with Crippen LogP contribution in [0.15, 0.2) is 54.6 Å². The van der Waals surface area contributed by atoms with E-state index in [0.717, 1.165) is 31.4 Å². The molecule has 1 saturated carbocycles. The van der Waals surface area contributed by atoms with E-state index in [4.69, 9.17) is 0 Å². The number of anilines is 1. The number of carbonyl (C=O) groups is 1. The summed E-state index contributed by atoms with van der Waals surface area (Å²) in [6, 6.07) is 18.6. The van der Waals surface area contributed by atoms with Crippen LogP contribution in [0, 0.1) is 6.92 Å². The Morgan fingerprint density at radius 1 is 1.00 bits per heavy atom. The first-order chi connectivity index (χ1) is 10.7. The van der Waals surface area contributed by atoms with Crippen LogP contribution in [0.4, 0.5) is 5.69 Å². The Bertz CT molecular complexity index is 633. The fourth-order valence-electron chi connectivity index (χ4n) is 3.31. The molecule has 1 unspecified atom stereocenters. The molecule has 0 heterocycles. The molecule has 2 aromatic carbocycles. The molecule has 3 rings (SSSR count). The molecule has 1 aliphatic carbocycles. The number of aryl methyl sites for hydroxylation is 1. The summed E-state index contributed by atoms with van der Waals surface area (Å²) in [5.74, 6) is 0.350. The minimum absolute atomic E-state index is 0.350. The minimum Gasteiger partial charge on any atom is -0.373 e. The Labute approximate surface area is 132 Å². The summed E-state index contributed by atoms with van der Waals surface area (Å²) in [5, 5.41) is 3.56. The smallest absolute Gasteiger partial charge is 0.158 e. The second-order valence-electron chi connectivity index (χ2n) is 6.37. The van der Waals surface area contributed by atoms with Gasteiger partial charge in [0.25, 0.3) is 0 Å². The number of benzene rings is 2. The van der Waals surface area contributed by atoms with Crippen LogP contribution < -0.4 is 5.32 Å². The van der Waals surface area contributed by atoms with Crippen LogP contribution in [0.5, 0.6) is 0 Å². The van der Waals surface area contributed by atoms with Crippen molar-refractivity contribution in [2.75, 3.05) is 5.32 Å². The third kappa shape index (κ3) is 3.22. The van der Waals surface area contributed by atoms with Gasteiger partial charge in [0.1, 0.15) is 5.54 Å². The second-order valence-corrected chi connectivity index (χ2v) is 6.37. The first kappa shape index (κ1) is 14.8. The van der Waals surface area contributed by atoms with Gasteiger partial charge >= 0.3 is 0 Å². The molecule has 2 heteroatoms. The highest BCUT2D eigenvalue weighted by Gasteiger charge is 2.39. The van der Waals surface area contributed by atoms with Crippen LogP contribution in [-0.4, -0.2) is 11.3 Å². The topological polar surface area (TPSA) is 29.1 Å². The van der Waals surface area contributed by atoms with Gasteiger partial charge in [0.15, 0.2) is 5.78 Å². The van der Waals surface area contributed by atoms with Crippen molar-refractivity contribution < 1.29 is 4.79 Å². The van der Waals surface area contributed by atoms with Crippen LogP contribution in [0.25, 0.3) is 0 Å². The zero-order valence-electron chi connectivity index (χ0n) is 13.1. The van der Waals surface area contributed by atoms with E-state index in [-0.39, 0.29) is 0 Å². The van der Waals surface area contributed by atoms with Crippen molar-refractivity contribution in [2.45, 2.75) is 44.6 Å². The zero-order valence-corrected chi connectivity index (χ0v) is 13.1. The van der Waals surface area contributed by atoms with Gasteiger partial charge in [0, 0.05) is 18.5 Å². The Balaban J connectivity index is 1.89. The molecule has 22 heavy (non-hydrogen) atoms. The van der Waals surface area contributed by atoms with Gasteiger partial charge in [-0.25, -0.2) is 0 Å². The molecule has 1 fully saturated rings. The highest BCUT2D eigenvalue weighted by Crippen LogP contribution is 2.32. The first-order valence-electron chi connectivity index (χ1n) is 8.10. The largest absolute Gasteiger partial charge is 0.373 e. The van der Waals surface area contributed by atoms with Crippen LogP contribution >= 0.6 is 0 Å². The summed E-state index contributed by atoms with van der Waals surface area (Å²) in [6.07, 6.45) is 4.49. The van der Waals surface area contributed by atoms with Gasteiger partial charge in [-0.05, 0) is 37.5 Å². The average Bonchev–Trinajstić information content (AvgIpc) is 2.54. The van der Waals surface area contributed by atoms with Gasteiger partial charge < -0.3 is 5.32 Å². The first-order valence-corrected chi connectivity index (χ1v) is 8.10. The lowest BCUT2D eigenvalue weighted by Crippen LogP contribution is -2.50. The fraction of sp³-hybridized carbons (Fsp3) is 0.350. The summed E-state index contributed by atoms with van der Waals surface area (Å²) >= 11 is 0. The van der Waals surface area contributed by atoms with Gasteiger partial charge in [0.05, 0.1) is 0 Å². The molecule has 0 amide bonds. The molecule has 0 bridgehead atoms. The van der Waals surface area contributed by atoms with Gasteiger partial charge in [-0.1, -0.05) is 54.4 Å². The summed E-state index contributed by atoms with van der Waals surface area (Å²) < 4.78 is 0. The lowest BCUT2D eigenvalue weighted by atomic mass is 9.76. The van der Waals surface area contributed by atoms with E-state index < -0.39 is 5.54 Å². The fourth-order valence-corrected chi connectivity index (χ4v) is 3.31. The lowest BCUT2D eigenvalue weighted by Gasteiger charge is -2.37. The number of Topliss-reactive ketones (excluding diaryl/α,β-unsaturated/α-hetero) is 1. The molecule has 1 N–H and O–H groups in total. The van der Waals surface area contributed by atoms with Gasteiger partial charge in [-0.2, -0.15) is 0 Å². The second kappa shape index (κ2) is 6.35. The molecular formula is C20H23NO. The predicted molar refractivity (Wildman–Crippen MR) is 91.2 cm³/mol. The van der Waals surface area contributed by atoms with Crippen LogP contribution in [0.3, 0.4) is 0 Å². The van der Waals surface area contributed by atoms with Gasteiger partial charge in [-0.15, -0.1) is 0 Å². The third-order valence-electron chi connectivity index (χ3n) is 4.58. The van der Waals surface area contributed by atoms with Crippen molar-refractivity contribution in [3.8, 4) is 0 Å². The predicted octanol–water partition coefficient (Wildman–Crippen LogP) is 4.53. The average molecular weight is 293 g/mol. The Morgan fingerprint density at radius 2 is 1.73 bits per heavy atom. The number of carbonyl (C=O) groups excluding carboxylic acids is 1. The van der Waals surface area contributed by atoms with E-state index in [1.807, 2.05) is 30.3 Å². The van der Waals surface area contributed by atoms with Crippen molar-refractivity contribution in [1.82, 2.24) is 0 Å². The normalized spacial score (nSPS) is 21.6. The molecule has 0 spiro atoms. The van der Waals surface area contributed by atoms with E-state index in [0.29, 0.717) is 12.2 Å². The number of hydrogen-bond acceptors (Lipinski definition) is 2. The number of nitrogens with one attached hydrogen (secondary N) is 1. The maximum Gasteiger partial charge on any atom is 0.158 e. The van der Waals surface area contributed by atoms with E-state index in [1.165, 1.54) is 11.1 Å². The molecule has 2 aromatic rings. The quantitative estimate of drug-likeness (QED) is 0.897. The van der Waals surface area contributed by atoms with E-state index in [9.17, 15) is 4.79 Å². The third-order valence-corrected chi connectivity index (χ3v) is 4.58. The molecule has 0 aromatic heterocycles. The highest BCUT2D eigenvalue weighted by molar-refractivity contribution is 5.92. The van der Waals surface area contributed by atoms with Crippen molar-refractivity contribution in [3.63, 3.8) is 0 Å². The van der Waals surface area contributed by atoms with E-state index >= 15 is 0 Å². The van der Waals surface area contributed by atoms with Crippen molar-refractivity contribution in [1.29, 1.82) is 0 Å². The van der Waals surface area contributed by atoms with Crippen molar-refractivity contribution in [3.05, 3.63) is 65.7 Å². The Hall–Kier alpha value is -2.09. The molecule has 0 aliphatic heterocycles. The number of ketones is 1. The molecule has 0 radical (unpaired) electrons. The maximum atomic E-state index is 12.7. The molecular weight excluding hydrogens is 270 g/mol. The minimum atomic E-state index is -0.450. The van der Waals surface area contributed by atoms with Crippen LogP contribution in [-0.2, 0) is 11.2 Å². The zero-order chi connectivity index (χ0) is 15.4. The lowest BCUT2D eigenvalue weighted by molar-refractivity contribution is -0.125. The van der Waals surface area contributed by atoms with Gasteiger partial charge in [-0.3, -0.25) is 4.79 Å². The molecule has 0 saturated heterocycles. The van der Waals surface area contributed by atoms with Crippen molar-refractivity contribution in [2.24, 2.45) is 0 Å². The summed E-state index contributed by atoms with van der Waals surface area (Å²) in [7, 11) is 0. The standard InChI is InChI=1S/C20H23NO/c1-16-10-12-17(13-11-16)15-20(14-6-5-9-19(20)22)21-18-7-3-2-4-8-18/h2-4,7-8,10-13,21H,5-6,9,14-15H2,1H3. The SMILES string of the molecule is Cc1ccc(CC2(Nc3ccccc3)CCCCC2=O)cc1. The Morgan fingerprint density at radius 3 is 2.41 bits per heavy atom. The Kier molecular flexibility index (Phi) is 4.28. The summed E-state index contributed by atoms with van der Waals surface area (Å²) in [5.41, 5.74) is 3.06. The van der Waals surface area contributed by atoms with Crippen LogP contribution in [0.1, 0.15) is 36.8 Å². The molecule has 1 aliphatic rings.